The first-order chi connectivity index (χ1) is 12.8. The second-order valence-electron chi connectivity index (χ2n) is 7.57. The number of amides is 1. The largest absolute Gasteiger partial charge is 0.458 e. The smallest absolute Gasteiger partial charge is 0.407 e. The number of sulfone groups is 1. The Morgan fingerprint density at radius 3 is 2.61 bits per heavy atom. The molecule has 0 radical (unpaired) electrons. The number of alkyl carbamates (subject to hydrolysis) is 1. The number of nitrogens with zero attached hydrogens (tertiary/aromatic N) is 1. The number of halogens is 2. The van der Waals surface area contributed by atoms with Crippen LogP contribution in [0.3, 0.4) is 0 Å². The van der Waals surface area contributed by atoms with Gasteiger partial charge in [0.2, 0.25) is 0 Å². The lowest BCUT2D eigenvalue weighted by Gasteiger charge is -2.23. The lowest BCUT2D eigenvalue weighted by molar-refractivity contribution is 0.0499. The lowest BCUT2D eigenvalue weighted by Crippen LogP contribution is -2.40. The van der Waals surface area contributed by atoms with Gasteiger partial charge in [0.05, 0.1) is 6.67 Å². The molecule has 0 aliphatic heterocycles. The molecule has 0 saturated carbocycles. The maximum absolute atomic E-state index is 13.0. The van der Waals surface area contributed by atoms with Crippen molar-refractivity contribution in [3.05, 3.63) is 22.5 Å². The van der Waals surface area contributed by atoms with Gasteiger partial charge < -0.3 is 14.5 Å². The molecule has 0 aliphatic carbocycles. The van der Waals surface area contributed by atoms with Crippen LogP contribution in [0.1, 0.15) is 38.5 Å². The molecule has 1 N–H and O–H groups in total. The van der Waals surface area contributed by atoms with Crippen LogP contribution in [0.2, 0.25) is 5.15 Å². The molecule has 0 bridgehead atoms. The third-order valence-corrected chi connectivity index (χ3v) is 5.21. The summed E-state index contributed by atoms with van der Waals surface area (Å²) in [5.41, 5.74) is 0.303. The Hall–Kier alpha value is -1.87. The summed E-state index contributed by atoms with van der Waals surface area (Å²) in [6.45, 7) is 6.22. The van der Waals surface area contributed by atoms with Crippen molar-refractivity contribution in [2.24, 2.45) is 0 Å². The van der Waals surface area contributed by atoms with Crippen LogP contribution < -0.4 is 5.32 Å². The molecule has 0 aromatic carbocycles. The zero-order valence-electron chi connectivity index (χ0n) is 16.4. The van der Waals surface area contributed by atoms with Crippen LogP contribution in [0.25, 0.3) is 11.1 Å². The number of carbonyl (C=O) groups excluding carboxylic acids is 1. The highest BCUT2D eigenvalue weighted by atomic mass is 35.5. The highest BCUT2D eigenvalue weighted by Crippen LogP contribution is 2.32. The van der Waals surface area contributed by atoms with Gasteiger partial charge >= 0.3 is 6.09 Å². The number of ether oxygens (including phenoxy) is 1. The first kappa shape index (κ1) is 22.4. The molecule has 28 heavy (non-hydrogen) atoms. The van der Waals surface area contributed by atoms with Gasteiger partial charge in [-0.05, 0) is 40.2 Å². The molecule has 2 heterocycles. The summed E-state index contributed by atoms with van der Waals surface area (Å²) in [6, 6.07) is 0.625. The summed E-state index contributed by atoms with van der Waals surface area (Å²) >= 11 is 5.96. The number of hydrogen-bond donors (Lipinski definition) is 1. The summed E-state index contributed by atoms with van der Waals surface area (Å²) in [4.78, 5) is 16.1. The summed E-state index contributed by atoms with van der Waals surface area (Å²) < 4.78 is 48.1. The van der Waals surface area contributed by atoms with Gasteiger partial charge in [-0.2, -0.15) is 0 Å². The Kier molecular flexibility index (Phi) is 6.60. The van der Waals surface area contributed by atoms with Crippen LogP contribution in [0.4, 0.5) is 9.18 Å². The van der Waals surface area contributed by atoms with E-state index in [1.807, 2.05) is 0 Å². The van der Waals surface area contributed by atoms with E-state index >= 15 is 0 Å². The average molecular weight is 435 g/mol. The van der Waals surface area contributed by atoms with Gasteiger partial charge in [-0.15, -0.1) is 0 Å². The minimum atomic E-state index is -3.60. The lowest BCUT2D eigenvalue weighted by atomic mass is 10.1. The van der Waals surface area contributed by atoms with Crippen LogP contribution in [-0.2, 0) is 21.0 Å². The molecule has 1 atom stereocenters. The number of fused-ring (bicyclic) bond motifs is 1. The molecule has 2 aromatic rings. The molecular formula is C18H24ClFN2O5S. The van der Waals surface area contributed by atoms with E-state index < -0.39 is 34.2 Å². The van der Waals surface area contributed by atoms with Crippen LogP contribution in [-0.4, -0.2) is 44.1 Å². The maximum Gasteiger partial charge on any atom is 0.407 e. The maximum atomic E-state index is 13.0. The quantitative estimate of drug-likeness (QED) is 0.690. The van der Waals surface area contributed by atoms with Gasteiger partial charge in [-0.1, -0.05) is 11.6 Å². The Morgan fingerprint density at radius 2 is 2.07 bits per heavy atom. The Labute approximate surface area is 168 Å². The van der Waals surface area contributed by atoms with Gasteiger partial charge in [0.25, 0.3) is 0 Å². The van der Waals surface area contributed by atoms with E-state index in [-0.39, 0.29) is 28.5 Å². The van der Waals surface area contributed by atoms with Crippen molar-refractivity contribution < 1.29 is 26.8 Å². The molecule has 0 aliphatic rings. The fourth-order valence-corrected chi connectivity index (χ4v) is 3.75. The predicted molar refractivity (Wildman–Crippen MR) is 104 cm³/mol. The molecule has 156 valence electrons. The fourth-order valence-electron chi connectivity index (χ4n) is 2.69. The van der Waals surface area contributed by atoms with Crippen LogP contribution in [0.15, 0.2) is 15.4 Å². The van der Waals surface area contributed by atoms with Gasteiger partial charge in [0.15, 0.2) is 15.4 Å². The normalized spacial score (nSPS) is 13.5. The predicted octanol–water partition coefficient (Wildman–Crippen LogP) is 3.99. The molecule has 2 aromatic heterocycles. The van der Waals surface area contributed by atoms with E-state index in [0.717, 1.165) is 6.26 Å². The first-order valence-electron chi connectivity index (χ1n) is 8.66. The number of hydrogen-bond acceptors (Lipinski definition) is 6. The summed E-state index contributed by atoms with van der Waals surface area (Å²) in [5.74, 6) is 0.393. The summed E-state index contributed by atoms with van der Waals surface area (Å²) in [7, 11) is -3.60. The zero-order valence-corrected chi connectivity index (χ0v) is 18.0. The van der Waals surface area contributed by atoms with Gasteiger partial charge in [-0.3, -0.25) is 4.39 Å². The first-order valence-corrected chi connectivity index (χ1v) is 10.9. The molecule has 1 unspecified atom stereocenters. The number of carbonyl (C=O) groups is 1. The van der Waals surface area contributed by atoms with Gasteiger partial charge in [-0.25, -0.2) is 18.2 Å². The van der Waals surface area contributed by atoms with Crippen molar-refractivity contribution in [3.63, 3.8) is 0 Å². The number of aromatic nitrogens is 1. The SMILES string of the molecule is Cc1c(CC(CCF)NC(=O)OC(C)(C)C)oc2c(S(C)(=O)=O)cc(Cl)nc12. The van der Waals surface area contributed by atoms with Crippen molar-refractivity contribution >= 4 is 38.6 Å². The zero-order chi connectivity index (χ0) is 21.3. The van der Waals surface area contributed by atoms with Gasteiger partial charge in [0, 0.05) is 24.3 Å². The van der Waals surface area contributed by atoms with Gasteiger partial charge in [0.1, 0.15) is 26.9 Å². The van der Waals surface area contributed by atoms with E-state index in [0.29, 0.717) is 16.8 Å². The topological polar surface area (TPSA) is 98.5 Å². The fraction of sp³-hybridized carbons (Fsp3) is 0.556. The molecule has 10 heteroatoms. The highest BCUT2D eigenvalue weighted by molar-refractivity contribution is 7.91. The molecule has 0 spiro atoms. The minimum Gasteiger partial charge on any atom is -0.458 e. The van der Waals surface area contributed by atoms with Crippen LogP contribution in [0, 0.1) is 6.92 Å². The highest BCUT2D eigenvalue weighted by Gasteiger charge is 2.25. The van der Waals surface area contributed by atoms with E-state index in [4.69, 9.17) is 20.8 Å². The molecule has 0 saturated heterocycles. The van der Waals surface area contributed by atoms with Crippen LogP contribution in [0.5, 0.6) is 0 Å². The third kappa shape index (κ3) is 5.57. The Balaban J connectivity index is 2.38. The minimum absolute atomic E-state index is 0.0237. The molecule has 0 fully saturated rings. The average Bonchev–Trinajstić information content (AvgIpc) is 2.80. The van der Waals surface area contributed by atoms with Crippen molar-refractivity contribution in [2.45, 2.75) is 57.1 Å². The third-order valence-electron chi connectivity index (χ3n) is 3.92. The number of aryl methyl sites for hydroxylation is 1. The van der Waals surface area contributed by atoms with Crippen LogP contribution >= 0.6 is 11.6 Å². The number of pyridine rings is 1. The number of rotatable bonds is 6. The number of nitrogens with one attached hydrogen (secondary N) is 1. The summed E-state index contributed by atoms with van der Waals surface area (Å²) in [5, 5.41) is 2.65. The molecule has 7 nitrogen and oxygen atoms in total. The molecule has 1 amide bonds. The van der Waals surface area contributed by atoms with Crippen molar-refractivity contribution in [1.82, 2.24) is 10.3 Å². The number of alkyl halides is 1. The Morgan fingerprint density at radius 1 is 1.43 bits per heavy atom. The summed E-state index contributed by atoms with van der Waals surface area (Å²) in [6.07, 6.45) is 0.568. The number of furan rings is 1. The van der Waals surface area contributed by atoms with E-state index in [9.17, 15) is 17.6 Å². The van der Waals surface area contributed by atoms with Crippen molar-refractivity contribution in [1.29, 1.82) is 0 Å². The monoisotopic (exact) mass is 434 g/mol. The van der Waals surface area contributed by atoms with E-state index in [1.165, 1.54) is 6.07 Å². The van der Waals surface area contributed by atoms with E-state index in [2.05, 4.69) is 10.3 Å². The van der Waals surface area contributed by atoms with Crippen molar-refractivity contribution in [2.75, 3.05) is 12.9 Å². The molecular weight excluding hydrogens is 411 g/mol. The second-order valence-corrected chi connectivity index (χ2v) is 9.94. The van der Waals surface area contributed by atoms with E-state index in [1.54, 1.807) is 27.7 Å². The second kappa shape index (κ2) is 8.24. The standard InChI is InChI=1S/C18H24ClFN2O5S/c1-10-12(8-11(6-7-20)21-17(23)27-18(2,3)4)26-16-13(28(5,24)25)9-14(19)22-15(10)16/h9,11H,6-8H2,1-5H3,(H,21,23). The van der Waals surface area contributed by atoms with Crippen molar-refractivity contribution in [3.8, 4) is 0 Å². The molecule has 2 rings (SSSR count). The Bertz CT molecular complexity index is 982.